The lowest BCUT2D eigenvalue weighted by molar-refractivity contribution is -0.155. The van der Waals surface area contributed by atoms with Gasteiger partial charge in [-0.3, -0.25) is 4.79 Å². The minimum Gasteiger partial charge on any atom is -0.353 e. The molecule has 1 saturated heterocycles. The number of carbonyl (C=O) groups is 1. The highest BCUT2D eigenvalue weighted by molar-refractivity contribution is 5.78. The van der Waals surface area contributed by atoms with Crippen LogP contribution in [0, 0.1) is 0 Å². The van der Waals surface area contributed by atoms with Crippen LogP contribution in [0.2, 0.25) is 0 Å². The van der Waals surface area contributed by atoms with E-state index >= 15 is 0 Å². The van der Waals surface area contributed by atoms with Crippen LogP contribution in [-0.2, 0) is 14.3 Å². The van der Waals surface area contributed by atoms with Gasteiger partial charge < -0.3 is 9.47 Å². The molecule has 0 N–H and O–H groups in total. The molecule has 148 valence electrons. The summed E-state index contributed by atoms with van der Waals surface area (Å²) in [4.78, 5) is 11.9. The summed E-state index contributed by atoms with van der Waals surface area (Å²) in [6.45, 7) is 9.90. The van der Waals surface area contributed by atoms with Crippen LogP contribution in [0.5, 0.6) is 0 Å². The van der Waals surface area contributed by atoms with E-state index in [0.717, 1.165) is 45.1 Å². The molecule has 0 spiro atoms. The first-order chi connectivity index (χ1) is 12.5. The van der Waals surface area contributed by atoms with Crippen molar-refractivity contribution in [2.75, 3.05) is 13.2 Å². The second kappa shape index (κ2) is 13.9. The van der Waals surface area contributed by atoms with Crippen LogP contribution in [0.3, 0.4) is 0 Å². The van der Waals surface area contributed by atoms with E-state index in [-0.39, 0.29) is 6.29 Å². The van der Waals surface area contributed by atoms with Crippen molar-refractivity contribution in [3.05, 3.63) is 34.9 Å². The SMILES string of the molecule is CC(C)=CCCC(=O)CCC(C)=CCCC(C)=CCOC1CCCCO1. The number of ketones is 1. The van der Waals surface area contributed by atoms with Crippen LogP contribution in [-0.4, -0.2) is 25.3 Å². The summed E-state index contributed by atoms with van der Waals surface area (Å²) < 4.78 is 11.3. The number of allylic oxidation sites excluding steroid dienone is 5. The molecule has 1 aliphatic heterocycles. The van der Waals surface area contributed by atoms with Crippen molar-refractivity contribution in [2.45, 2.75) is 91.8 Å². The average molecular weight is 363 g/mol. The van der Waals surface area contributed by atoms with E-state index in [1.54, 1.807) is 0 Å². The molecule has 0 saturated carbocycles. The molecule has 0 bridgehead atoms. The second-order valence-corrected chi connectivity index (χ2v) is 7.63. The predicted molar refractivity (Wildman–Crippen MR) is 109 cm³/mol. The minimum absolute atomic E-state index is 0.00999. The van der Waals surface area contributed by atoms with Gasteiger partial charge in [-0.05, 0) is 72.6 Å². The minimum atomic E-state index is -0.00999. The Hall–Kier alpha value is -1.19. The third-order valence-corrected chi connectivity index (χ3v) is 4.66. The quantitative estimate of drug-likeness (QED) is 0.382. The molecule has 0 radical (unpaired) electrons. The summed E-state index contributed by atoms with van der Waals surface area (Å²) in [5.74, 6) is 0.369. The Morgan fingerprint density at radius 3 is 2.35 bits per heavy atom. The van der Waals surface area contributed by atoms with Crippen LogP contribution < -0.4 is 0 Å². The van der Waals surface area contributed by atoms with Gasteiger partial charge in [0.05, 0.1) is 6.61 Å². The smallest absolute Gasteiger partial charge is 0.157 e. The molecule has 0 amide bonds. The highest BCUT2D eigenvalue weighted by Crippen LogP contribution is 2.15. The normalized spacial score (nSPS) is 18.7. The maximum atomic E-state index is 11.9. The van der Waals surface area contributed by atoms with Gasteiger partial charge in [-0.25, -0.2) is 0 Å². The van der Waals surface area contributed by atoms with E-state index in [2.05, 4.69) is 45.9 Å². The molecule has 26 heavy (non-hydrogen) atoms. The van der Waals surface area contributed by atoms with Gasteiger partial charge in [-0.1, -0.05) is 34.9 Å². The number of hydrogen-bond donors (Lipinski definition) is 0. The Labute approximate surface area is 160 Å². The number of rotatable bonds is 12. The van der Waals surface area contributed by atoms with Gasteiger partial charge in [0.2, 0.25) is 0 Å². The first-order valence-corrected chi connectivity index (χ1v) is 10.2. The number of hydrogen-bond acceptors (Lipinski definition) is 3. The molecule has 3 heteroatoms. The number of ether oxygens (including phenoxy) is 2. The van der Waals surface area contributed by atoms with Gasteiger partial charge in [0.25, 0.3) is 0 Å². The van der Waals surface area contributed by atoms with E-state index in [0.29, 0.717) is 25.2 Å². The Morgan fingerprint density at radius 1 is 0.923 bits per heavy atom. The number of carbonyl (C=O) groups excluding carboxylic acids is 1. The van der Waals surface area contributed by atoms with Crippen LogP contribution in [0.4, 0.5) is 0 Å². The largest absolute Gasteiger partial charge is 0.353 e. The fourth-order valence-electron chi connectivity index (χ4n) is 2.87. The lowest BCUT2D eigenvalue weighted by Crippen LogP contribution is -2.22. The first kappa shape index (κ1) is 22.9. The molecule has 1 unspecified atom stereocenters. The molecule has 1 heterocycles. The molecule has 0 aromatic carbocycles. The van der Waals surface area contributed by atoms with Crippen LogP contribution in [0.15, 0.2) is 34.9 Å². The first-order valence-electron chi connectivity index (χ1n) is 10.2. The lowest BCUT2D eigenvalue weighted by Gasteiger charge is -2.22. The molecule has 1 aliphatic rings. The van der Waals surface area contributed by atoms with E-state index < -0.39 is 0 Å². The van der Waals surface area contributed by atoms with Crippen molar-refractivity contribution >= 4 is 5.78 Å². The monoisotopic (exact) mass is 362 g/mol. The van der Waals surface area contributed by atoms with E-state index in [9.17, 15) is 4.79 Å². The summed E-state index contributed by atoms with van der Waals surface area (Å²) >= 11 is 0. The fraction of sp³-hybridized carbons (Fsp3) is 0.696. The summed E-state index contributed by atoms with van der Waals surface area (Å²) in [7, 11) is 0. The van der Waals surface area contributed by atoms with E-state index in [1.165, 1.54) is 23.1 Å². The van der Waals surface area contributed by atoms with Crippen molar-refractivity contribution in [3.63, 3.8) is 0 Å². The van der Waals surface area contributed by atoms with Crippen molar-refractivity contribution < 1.29 is 14.3 Å². The van der Waals surface area contributed by atoms with Crippen molar-refractivity contribution in [1.82, 2.24) is 0 Å². The molecule has 0 aromatic rings. The summed E-state index contributed by atoms with van der Waals surface area (Å²) in [5.41, 5.74) is 3.96. The summed E-state index contributed by atoms with van der Waals surface area (Å²) in [6.07, 6.45) is 15.1. The van der Waals surface area contributed by atoms with Crippen molar-refractivity contribution in [3.8, 4) is 0 Å². The van der Waals surface area contributed by atoms with Gasteiger partial charge in [0.15, 0.2) is 6.29 Å². The fourth-order valence-corrected chi connectivity index (χ4v) is 2.87. The Kier molecular flexibility index (Phi) is 12.3. The second-order valence-electron chi connectivity index (χ2n) is 7.63. The molecule has 0 aliphatic carbocycles. The molecule has 1 rings (SSSR count). The molecule has 1 atom stereocenters. The zero-order chi connectivity index (χ0) is 19.2. The van der Waals surface area contributed by atoms with Crippen molar-refractivity contribution in [2.24, 2.45) is 0 Å². The van der Waals surface area contributed by atoms with E-state index in [4.69, 9.17) is 9.47 Å². The van der Waals surface area contributed by atoms with Crippen molar-refractivity contribution in [1.29, 1.82) is 0 Å². The maximum absolute atomic E-state index is 11.9. The maximum Gasteiger partial charge on any atom is 0.157 e. The zero-order valence-electron chi connectivity index (χ0n) is 17.3. The summed E-state index contributed by atoms with van der Waals surface area (Å²) in [6, 6.07) is 0. The Balaban J connectivity index is 2.13. The Morgan fingerprint density at radius 2 is 1.65 bits per heavy atom. The van der Waals surface area contributed by atoms with E-state index in [1.807, 2.05) is 0 Å². The molecule has 0 aromatic heterocycles. The number of Topliss-reactive ketones (excluding diaryl/α,β-unsaturated/α-hetero) is 1. The summed E-state index contributed by atoms with van der Waals surface area (Å²) in [5, 5.41) is 0. The molecule has 3 nitrogen and oxygen atoms in total. The molecular formula is C23H38O3. The topological polar surface area (TPSA) is 35.5 Å². The van der Waals surface area contributed by atoms with Gasteiger partial charge in [-0.2, -0.15) is 0 Å². The van der Waals surface area contributed by atoms with Gasteiger partial charge >= 0.3 is 0 Å². The predicted octanol–water partition coefficient (Wildman–Crippen LogP) is 6.30. The van der Waals surface area contributed by atoms with Crippen LogP contribution in [0.1, 0.15) is 85.5 Å². The average Bonchev–Trinajstić information content (AvgIpc) is 2.60. The Bertz CT molecular complexity index is 490. The van der Waals surface area contributed by atoms with Gasteiger partial charge in [0, 0.05) is 19.4 Å². The molecular weight excluding hydrogens is 324 g/mol. The third-order valence-electron chi connectivity index (χ3n) is 4.66. The van der Waals surface area contributed by atoms with Gasteiger partial charge in [-0.15, -0.1) is 0 Å². The highest BCUT2D eigenvalue weighted by atomic mass is 16.7. The lowest BCUT2D eigenvalue weighted by atomic mass is 10.0. The standard InChI is InChI=1S/C23H38O3/c1-19(2)9-7-12-22(24)15-14-20(3)10-8-11-21(4)16-18-26-23-13-5-6-17-25-23/h9-10,16,23H,5-8,11-15,17-18H2,1-4H3. The zero-order valence-corrected chi connectivity index (χ0v) is 17.3. The van der Waals surface area contributed by atoms with Crippen LogP contribution in [0.25, 0.3) is 0 Å². The molecule has 1 fully saturated rings. The van der Waals surface area contributed by atoms with Crippen LogP contribution >= 0.6 is 0 Å². The third kappa shape index (κ3) is 12.2. The highest BCUT2D eigenvalue weighted by Gasteiger charge is 2.12. The van der Waals surface area contributed by atoms with Gasteiger partial charge in [0.1, 0.15) is 5.78 Å².